The van der Waals surface area contributed by atoms with Crippen molar-refractivity contribution in [3.05, 3.63) is 35.9 Å². The van der Waals surface area contributed by atoms with Gasteiger partial charge in [-0.05, 0) is 5.56 Å². The molecule has 1 aromatic rings. The van der Waals surface area contributed by atoms with Crippen LogP contribution in [-0.2, 0) is 11.3 Å². The van der Waals surface area contributed by atoms with Crippen molar-refractivity contribution in [2.45, 2.75) is 12.6 Å². The number of piperazine rings is 1. The van der Waals surface area contributed by atoms with Crippen molar-refractivity contribution in [2.75, 3.05) is 45.8 Å². The van der Waals surface area contributed by atoms with Crippen molar-refractivity contribution in [2.24, 2.45) is 0 Å². The second-order valence-electron chi connectivity index (χ2n) is 5.99. The first-order valence-electron chi connectivity index (χ1n) is 7.65. The molecule has 21 heavy (non-hydrogen) atoms. The highest BCUT2D eigenvalue weighted by atomic mass is 16.3. The lowest BCUT2D eigenvalue weighted by Gasteiger charge is -2.39. The van der Waals surface area contributed by atoms with E-state index in [0.29, 0.717) is 19.6 Å². The number of carbonyl (C=O) groups excluding carboxylic acids is 1. The van der Waals surface area contributed by atoms with E-state index in [0.717, 1.165) is 32.7 Å². The second-order valence-corrected chi connectivity index (χ2v) is 5.99. The molecule has 1 N–H and O–H groups in total. The fraction of sp³-hybridized carbons (Fsp3) is 0.562. The molecule has 0 aromatic heterocycles. The van der Waals surface area contributed by atoms with Crippen molar-refractivity contribution in [3.63, 3.8) is 0 Å². The maximum absolute atomic E-state index is 12.0. The summed E-state index contributed by atoms with van der Waals surface area (Å²) in [7, 11) is 0. The molecule has 2 fully saturated rings. The van der Waals surface area contributed by atoms with Gasteiger partial charge >= 0.3 is 0 Å². The zero-order chi connectivity index (χ0) is 14.7. The number of amides is 1. The zero-order valence-corrected chi connectivity index (χ0v) is 12.3. The lowest BCUT2D eigenvalue weighted by atomic mass is 10.1. The number of β-amino-alcohol motifs (C(OH)–C–C–N with tert-alkyl or cyclic N) is 1. The lowest BCUT2D eigenvalue weighted by molar-refractivity contribution is -0.142. The van der Waals surface area contributed by atoms with E-state index in [2.05, 4.69) is 34.1 Å². The molecule has 0 aliphatic carbocycles. The number of hydrogen-bond acceptors (Lipinski definition) is 4. The first-order chi connectivity index (χ1) is 10.2. The molecule has 2 saturated heterocycles. The van der Waals surface area contributed by atoms with Gasteiger partial charge in [0.15, 0.2) is 0 Å². The number of nitrogens with zero attached hydrogens (tertiary/aromatic N) is 3. The summed E-state index contributed by atoms with van der Waals surface area (Å²) in [6.07, 6.45) is -0.309. The predicted molar refractivity (Wildman–Crippen MR) is 80.7 cm³/mol. The van der Waals surface area contributed by atoms with Gasteiger partial charge in [-0.25, -0.2) is 0 Å². The number of hydrogen-bond donors (Lipinski definition) is 1. The Labute approximate surface area is 125 Å². The number of carbonyl (C=O) groups is 1. The van der Waals surface area contributed by atoms with Gasteiger partial charge in [0.1, 0.15) is 0 Å². The topological polar surface area (TPSA) is 47.0 Å². The predicted octanol–water partition coefficient (Wildman–Crippen LogP) is 0.00730. The van der Waals surface area contributed by atoms with Gasteiger partial charge in [-0.2, -0.15) is 0 Å². The fourth-order valence-electron chi connectivity index (χ4n) is 2.90. The summed E-state index contributed by atoms with van der Waals surface area (Å²) in [5.74, 6) is 0.150. The Bertz CT molecular complexity index is 466. The van der Waals surface area contributed by atoms with Crippen LogP contribution in [0.25, 0.3) is 0 Å². The SMILES string of the molecule is O=C(CN1CCN(Cc2ccccc2)CC1)N1CC(O)C1. The fourth-order valence-corrected chi connectivity index (χ4v) is 2.90. The Morgan fingerprint density at radius 3 is 2.29 bits per heavy atom. The molecule has 0 unspecified atom stereocenters. The van der Waals surface area contributed by atoms with Crippen LogP contribution in [0, 0.1) is 0 Å². The standard InChI is InChI=1S/C16H23N3O2/c20-15-11-19(12-15)16(21)13-18-8-6-17(7-9-18)10-14-4-2-1-3-5-14/h1-5,15,20H,6-13H2. The van der Waals surface area contributed by atoms with Crippen LogP contribution in [0.15, 0.2) is 30.3 Å². The molecule has 0 radical (unpaired) electrons. The first-order valence-corrected chi connectivity index (χ1v) is 7.65. The van der Waals surface area contributed by atoms with Crippen LogP contribution in [0.4, 0.5) is 0 Å². The normalized spacial score (nSPS) is 21.3. The van der Waals surface area contributed by atoms with Crippen molar-refractivity contribution < 1.29 is 9.90 Å². The molecule has 0 spiro atoms. The lowest BCUT2D eigenvalue weighted by Crippen LogP contribution is -2.57. The van der Waals surface area contributed by atoms with Crippen LogP contribution in [0.2, 0.25) is 0 Å². The molecule has 0 atom stereocenters. The summed E-state index contributed by atoms with van der Waals surface area (Å²) in [5.41, 5.74) is 1.34. The molecule has 5 heteroatoms. The molecule has 114 valence electrons. The third-order valence-electron chi connectivity index (χ3n) is 4.29. The van der Waals surface area contributed by atoms with Crippen LogP contribution in [-0.4, -0.2) is 77.6 Å². The Morgan fingerprint density at radius 2 is 1.67 bits per heavy atom. The van der Waals surface area contributed by atoms with E-state index >= 15 is 0 Å². The minimum absolute atomic E-state index is 0.150. The van der Waals surface area contributed by atoms with Gasteiger partial charge in [-0.1, -0.05) is 30.3 Å². The first kappa shape index (κ1) is 14.5. The minimum atomic E-state index is -0.309. The van der Waals surface area contributed by atoms with Gasteiger partial charge < -0.3 is 10.0 Å². The third-order valence-corrected chi connectivity index (χ3v) is 4.29. The molecular formula is C16H23N3O2. The monoisotopic (exact) mass is 289 g/mol. The zero-order valence-electron chi connectivity index (χ0n) is 12.3. The van der Waals surface area contributed by atoms with E-state index in [1.807, 2.05) is 6.07 Å². The number of aliphatic hydroxyl groups is 1. The summed E-state index contributed by atoms with van der Waals surface area (Å²) in [5, 5.41) is 9.23. The minimum Gasteiger partial charge on any atom is -0.389 e. The molecule has 2 heterocycles. The van der Waals surface area contributed by atoms with Crippen molar-refractivity contribution >= 4 is 5.91 Å². The highest BCUT2D eigenvalue weighted by Gasteiger charge is 2.30. The van der Waals surface area contributed by atoms with Gasteiger partial charge in [-0.15, -0.1) is 0 Å². The number of likely N-dealkylation sites (tertiary alicyclic amines) is 1. The third kappa shape index (κ3) is 3.81. The maximum atomic E-state index is 12.0. The average Bonchev–Trinajstić information content (AvgIpc) is 2.47. The van der Waals surface area contributed by atoms with Crippen molar-refractivity contribution in [1.29, 1.82) is 0 Å². The van der Waals surface area contributed by atoms with Crippen LogP contribution in [0.5, 0.6) is 0 Å². The molecule has 0 saturated carbocycles. The Kier molecular flexibility index (Phi) is 4.53. The van der Waals surface area contributed by atoms with Crippen molar-refractivity contribution in [3.8, 4) is 0 Å². The second kappa shape index (κ2) is 6.56. The van der Waals surface area contributed by atoms with E-state index < -0.39 is 0 Å². The highest BCUT2D eigenvalue weighted by Crippen LogP contribution is 2.11. The van der Waals surface area contributed by atoms with Gasteiger partial charge in [-0.3, -0.25) is 14.6 Å². The molecule has 5 nitrogen and oxygen atoms in total. The molecule has 2 aliphatic heterocycles. The van der Waals surface area contributed by atoms with Gasteiger partial charge in [0, 0.05) is 45.8 Å². The van der Waals surface area contributed by atoms with Crippen LogP contribution in [0.1, 0.15) is 5.56 Å². The van der Waals surface area contributed by atoms with Crippen LogP contribution in [0.3, 0.4) is 0 Å². The maximum Gasteiger partial charge on any atom is 0.236 e. The average molecular weight is 289 g/mol. The summed E-state index contributed by atoms with van der Waals surface area (Å²) in [4.78, 5) is 18.4. The summed E-state index contributed by atoms with van der Waals surface area (Å²) in [6, 6.07) is 10.5. The Balaban J connectivity index is 1.40. The number of aliphatic hydroxyl groups excluding tert-OH is 1. The Morgan fingerprint density at radius 1 is 1.05 bits per heavy atom. The molecule has 0 bridgehead atoms. The summed E-state index contributed by atoms with van der Waals surface area (Å²) < 4.78 is 0. The molecule has 1 amide bonds. The highest BCUT2D eigenvalue weighted by molar-refractivity contribution is 5.79. The van der Waals surface area contributed by atoms with Gasteiger partial charge in [0.25, 0.3) is 0 Å². The molecular weight excluding hydrogens is 266 g/mol. The van der Waals surface area contributed by atoms with Gasteiger partial charge in [0.2, 0.25) is 5.91 Å². The summed E-state index contributed by atoms with van der Waals surface area (Å²) >= 11 is 0. The van der Waals surface area contributed by atoms with Crippen LogP contribution >= 0.6 is 0 Å². The quantitative estimate of drug-likeness (QED) is 0.848. The van der Waals surface area contributed by atoms with Crippen molar-refractivity contribution in [1.82, 2.24) is 14.7 Å². The molecule has 1 aromatic carbocycles. The van der Waals surface area contributed by atoms with E-state index in [9.17, 15) is 9.90 Å². The van der Waals surface area contributed by atoms with E-state index in [1.54, 1.807) is 4.90 Å². The van der Waals surface area contributed by atoms with Crippen LogP contribution < -0.4 is 0 Å². The molecule has 3 rings (SSSR count). The largest absolute Gasteiger partial charge is 0.389 e. The molecule has 2 aliphatic rings. The van der Waals surface area contributed by atoms with E-state index in [4.69, 9.17) is 0 Å². The summed E-state index contributed by atoms with van der Waals surface area (Å²) in [6.45, 7) is 6.38. The number of benzene rings is 1. The number of rotatable bonds is 4. The van der Waals surface area contributed by atoms with E-state index in [1.165, 1.54) is 5.56 Å². The Hall–Kier alpha value is -1.43. The van der Waals surface area contributed by atoms with E-state index in [-0.39, 0.29) is 12.0 Å². The smallest absolute Gasteiger partial charge is 0.236 e. The van der Waals surface area contributed by atoms with Gasteiger partial charge in [0.05, 0.1) is 12.6 Å².